The molecule has 0 aliphatic heterocycles. The maximum absolute atomic E-state index is 12.3. The quantitative estimate of drug-likeness (QED) is 0.813. The number of hydrogen-bond donors (Lipinski definition) is 2. The molecule has 1 aromatic rings. The molecule has 0 amide bonds. The van der Waals surface area contributed by atoms with Crippen LogP contribution >= 0.6 is 11.3 Å². The largest absolute Gasteiger partial charge is 0.310 e. The normalized spacial score (nSPS) is 16.6. The highest BCUT2D eigenvalue weighted by Gasteiger charge is 2.23. The molecule has 114 valence electrons. The summed E-state index contributed by atoms with van der Waals surface area (Å²) in [5.74, 6) is 0.535. The molecular formula is C14H24N2O2S2. The van der Waals surface area contributed by atoms with E-state index < -0.39 is 10.0 Å². The predicted octanol–water partition coefficient (Wildman–Crippen LogP) is 2.63. The minimum Gasteiger partial charge on any atom is -0.310 e. The molecule has 6 heteroatoms. The van der Waals surface area contributed by atoms with E-state index in [1.165, 1.54) is 17.8 Å². The average Bonchev–Trinajstić information content (AvgIpc) is 2.66. The Morgan fingerprint density at radius 1 is 1.40 bits per heavy atom. The summed E-state index contributed by atoms with van der Waals surface area (Å²) in [4.78, 5) is 1.10. The Morgan fingerprint density at radius 3 is 2.65 bits per heavy atom. The fourth-order valence-corrected chi connectivity index (χ4v) is 4.79. The van der Waals surface area contributed by atoms with Crippen LogP contribution < -0.4 is 10.0 Å². The van der Waals surface area contributed by atoms with E-state index in [9.17, 15) is 8.42 Å². The Balaban J connectivity index is 2.01. The first kappa shape index (κ1) is 15.9. The number of hydrogen-bond acceptors (Lipinski definition) is 4. The summed E-state index contributed by atoms with van der Waals surface area (Å²) in [5, 5.41) is 3.33. The smallest absolute Gasteiger partial charge is 0.250 e. The maximum Gasteiger partial charge on any atom is 0.250 e. The van der Waals surface area contributed by atoms with Crippen molar-refractivity contribution in [2.45, 2.75) is 56.8 Å². The van der Waals surface area contributed by atoms with Crippen LogP contribution in [0.3, 0.4) is 0 Å². The van der Waals surface area contributed by atoms with Crippen LogP contribution in [0.1, 0.15) is 43.6 Å². The summed E-state index contributed by atoms with van der Waals surface area (Å²) in [6.45, 7) is 7.45. The lowest BCUT2D eigenvalue weighted by atomic mass is 9.86. The highest BCUT2D eigenvalue weighted by Crippen LogP contribution is 2.28. The summed E-state index contributed by atoms with van der Waals surface area (Å²) in [6, 6.07) is 2.18. The SMILES string of the molecule is Cc1cc(S(=O)(=O)NCC2CCC2)sc1CNC(C)C. The van der Waals surface area contributed by atoms with Gasteiger partial charge in [-0.15, -0.1) is 11.3 Å². The summed E-state index contributed by atoms with van der Waals surface area (Å²) >= 11 is 1.37. The first-order valence-corrected chi connectivity index (χ1v) is 9.51. The minimum absolute atomic E-state index is 0.397. The fourth-order valence-electron chi connectivity index (χ4n) is 2.09. The van der Waals surface area contributed by atoms with Crippen LogP contribution in [-0.4, -0.2) is 21.0 Å². The lowest BCUT2D eigenvalue weighted by Crippen LogP contribution is -2.31. The monoisotopic (exact) mass is 316 g/mol. The van der Waals surface area contributed by atoms with E-state index in [0.29, 0.717) is 22.7 Å². The van der Waals surface area contributed by atoms with E-state index in [1.807, 2.05) is 6.92 Å². The second-order valence-electron chi connectivity index (χ2n) is 5.86. The van der Waals surface area contributed by atoms with Crippen molar-refractivity contribution in [3.63, 3.8) is 0 Å². The van der Waals surface area contributed by atoms with Gasteiger partial charge in [0.15, 0.2) is 0 Å². The molecule has 1 aliphatic rings. The Hall–Kier alpha value is -0.430. The molecule has 1 aromatic heterocycles. The van der Waals surface area contributed by atoms with Crippen molar-refractivity contribution in [3.05, 3.63) is 16.5 Å². The first-order valence-electron chi connectivity index (χ1n) is 7.21. The third kappa shape index (κ3) is 4.04. The minimum atomic E-state index is -3.33. The third-order valence-corrected chi connectivity index (χ3v) is 6.85. The Labute approximate surface area is 126 Å². The zero-order chi connectivity index (χ0) is 14.8. The highest BCUT2D eigenvalue weighted by molar-refractivity contribution is 7.91. The van der Waals surface area contributed by atoms with Crippen LogP contribution in [0.15, 0.2) is 10.3 Å². The Bertz CT molecular complexity index is 546. The van der Waals surface area contributed by atoms with Gasteiger partial charge in [0.05, 0.1) is 0 Å². The third-order valence-electron chi connectivity index (χ3n) is 3.72. The van der Waals surface area contributed by atoms with Gasteiger partial charge < -0.3 is 5.32 Å². The van der Waals surface area contributed by atoms with Gasteiger partial charge in [0.1, 0.15) is 4.21 Å². The van der Waals surface area contributed by atoms with E-state index in [0.717, 1.165) is 29.8 Å². The molecule has 2 rings (SSSR count). The summed E-state index contributed by atoms with van der Waals surface area (Å²) < 4.78 is 27.7. The molecule has 0 unspecified atom stereocenters. The summed E-state index contributed by atoms with van der Waals surface area (Å²) in [5.41, 5.74) is 1.05. The van der Waals surface area contributed by atoms with Crippen molar-refractivity contribution in [2.24, 2.45) is 5.92 Å². The van der Waals surface area contributed by atoms with E-state index >= 15 is 0 Å². The van der Waals surface area contributed by atoms with E-state index in [-0.39, 0.29) is 0 Å². The van der Waals surface area contributed by atoms with Crippen molar-refractivity contribution in [2.75, 3.05) is 6.54 Å². The van der Waals surface area contributed by atoms with E-state index in [1.54, 1.807) is 6.07 Å². The summed E-state index contributed by atoms with van der Waals surface area (Å²) in [7, 11) is -3.33. The van der Waals surface area contributed by atoms with Crippen LogP contribution in [0.25, 0.3) is 0 Å². The molecule has 0 aromatic carbocycles. The molecular weight excluding hydrogens is 292 g/mol. The first-order chi connectivity index (χ1) is 9.38. The predicted molar refractivity (Wildman–Crippen MR) is 83.6 cm³/mol. The molecule has 2 N–H and O–H groups in total. The van der Waals surface area contributed by atoms with Crippen molar-refractivity contribution in [1.29, 1.82) is 0 Å². The van der Waals surface area contributed by atoms with Crippen molar-refractivity contribution >= 4 is 21.4 Å². The molecule has 1 fully saturated rings. The summed E-state index contributed by atoms with van der Waals surface area (Å²) in [6.07, 6.45) is 3.53. The molecule has 1 heterocycles. The fraction of sp³-hybridized carbons (Fsp3) is 0.714. The molecule has 0 bridgehead atoms. The van der Waals surface area contributed by atoms with Crippen molar-refractivity contribution in [1.82, 2.24) is 10.0 Å². The van der Waals surface area contributed by atoms with Gasteiger partial charge in [0.2, 0.25) is 10.0 Å². The molecule has 0 radical (unpaired) electrons. The zero-order valence-corrected chi connectivity index (χ0v) is 14.0. The van der Waals surface area contributed by atoms with E-state index in [4.69, 9.17) is 0 Å². The van der Waals surface area contributed by atoms with Gasteiger partial charge in [0.25, 0.3) is 0 Å². The average molecular weight is 316 g/mol. The van der Waals surface area contributed by atoms with Gasteiger partial charge in [-0.2, -0.15) is 0 Å². The molecule has 0 spiro atoms. The lowest BCUT2D eigenvalue weighted by molar-refractivity contribution is 0.316. The number of nitrogens with one attached hydrogen (secondary N) is 2. The number of sulfonamides is 1. The molecule has 1 aliphatic carbocycles. The topological polar surface area (TPSA) is 58.2 Å². The highest BCUT2D eigenvalue weighted by atomic mass is 32.2. The van der Waals surface area contributed by atoms with Crippen LogP contribution in [0.4, 0.5) is 0 Å². The van der Waals surface area contributed by atoms with Crippen LogP contribution in [0.2, 0.25) is 0 Å². The number of thiophene rings is 1. The molecule has 1 saturated carbocycles. The van der Waals surface area contributed by atoms with E-state index in [2.05, 4.69) is 23.9 Å². The second-order valence-corrected chi connectivity index (χ2v) is 8.99. The molecule has 20 heavy (non-hydrogen) atoms. The number of aryl methyl sites for hydroxylation is 1. The van der Waals surface area contributed by atoms with Gasteiger partial charge in [-0.05, 0) is 37.3 Å². The standard InChI is InChI=1S/C14H24N2O2S2/c1-10(2)15-9-13-11(3)7-14(19-13)20(17,18)16-8-12-5-4-6-12/h7,10,12,15-16H,4-6,8-9H2,1-3H3. The van der Waals surface area contributed by atoms with Gasteiger partial charge in [0, 0.05) is 24.0 Å². The van der Waals surface area contributed by atoms with Gasteiger partial charge in [-0.25, -0.2) is 13.1 Å². The van der Waals surface area contributed by atoms with Crippen LogP contribution in [0.5, 0.6) is 0 Å². The van der Waals surface area contributed by atoms with Crippen LogP contribution in [-0.2, 0) is 16.6 Å². The van der Waals surface area contributed by atoms with Crippen LogP contribution in [0, 0.1) is 12.8 Å². The van der Waals surface area contributed by atoms with Gasteiger partial charge >= 0.3 is 0 Å². The molecule has 0 atom stereocenters. The van der Waals surface area contributed by atoms with Gasteiger partial charge in [-0.1, -0.05) is 20.3 Å². The number of rotatable bonds is 7. The van der Waals surface area contributed by atoms with Crippen molar-refractivity contribution < 1.29 is 8.42 Å². The van der Waals surface area contributed by atoms with Gasteiger partial charge in [-0.3, -0.25) is 0 Å². The molecule has 4 nitrogen and oxygen atoms in total. The molecule has 0 saturated heterocycles. The zero-order valence-electron chi connectivity index (χ0n) is 12.4. The Kier molecular flexibility index (Phi) is 5.23. The van der Waals surface area contributed by atoms with Crippen molar-refractivity contribution in [3.8, 4) is 0 Å². The Morgan fingerprint density at radius 2 is 2.10 bits per heavy atom. The lowest BCUT2D eigenvalue weighted by Gasteiger charge is -2.25. The maximum atomic E-state index is 12.3. The second kappa shape index (κ2) is 6.56.